The first kappa shape index (κ1) is 18.4. The Hall–Kier alpha value is -1.98. The molecule has 0 radical (unpaired) electrons. The summed E-state index contributed by atoms with van der Waals surface area (Å²) in [6.45, 7) is 12.7. The number of nitrogens with zero attached hydrogens (tertiary/aromatic N) is 4. The Kier molecular flexibility index (Phi) is 4.47. The molecule has 0 saturated carbocycles. The average molecular weight is 399 g/mol. The van der Waals surface area contributed by atoms with Gasteiger partial charge in [0.2, 0.25) is 0 Å². The second-order valence-corrected chi connectivity index (χ2v) is 9.06. The maximum atomic E-state index is 6.74. The Morgan fingerprint density at radius 1 is 1.15 bits per heavy atom. The molecule has 1 aliphatic heterocycles. The normalized spacial score (nSPS) is 16.1. The number of fused-ring (bicyclic) bond motifs is 3. The second kappa shape index (κ2) is 6.57. The van der Waals surface area contributed by atoms with E-state index in [4.69, 9.17) is 16.6 Å². The number of thiophene rings is 1. The number of halogens is 1. The molecule has 0 fully saturated rings. The Morgan fingerprint density at radius 2 is 1.89 bits per heavy atom. The summed E-state index contributed by atoms with van der Waals surface area (Å²) in [6, 6.07) is 6.24. The maximum Gasteiger partial charge on any atom is 0.162 e. The molecule has 0 saturated heterocycles. The Labute approximate surface area is 168 Å². The third-order valence-corrected chi connectivity index (χ3v) is 6.77. The van der Waals surface area contributed by atoms with Crippen LogP contribution in [0.15, 0.2) is 23.2 Å². The van der Waals surface area contributed by atoms with Crippen molar-refractivity contribution in [3.05, 3.63) is 62.0 Å². The van der Waals surface area contributed by atoms with Crippen LogP contribution in [0.25, 0.3) is 5.00 Å². The van der Waals surface area contributed by atoms with Gasteiger partial charge in [0.25, 0.3) is 0 Å². The molecule has 140 valence electrons. The number of hydrogen-bond acceptors (Lipinski definition) is 4. The maximum absolute atomic E-state index is 6.74. The molecule has 0 amide bonds. The molecule has 0 spiro atoms. The molecule has 1 aromatic carbocycles. The summed E-state index contributed by atoms with van der Waals surface area (Å²) in [7, 11) is 0. The SMILES string of the molecule is Cc1sc2c(c1C)C(c1ccc(C(C)C)cc1Cl)=NC(C)c1nnc(C)n1-2. The fourth-order valence-electron chi connectivity index (χ4n) is 3.55. The van der Waals surface area contributed by atoms with Crippen LogP contribution in [-0.4, -0.2) is 20.5 Å². The predicted octanol–water partition coefficient (Wildman–Crippen LogP) is 5.94. The molecule has 3 aromatic rings. The van der Waals surface area contributed by atoms with E-state index in [1.165, 1.54) is 16.0 Å². The minimum Gasteiger partial charge on any atom is -0.273 e. The average Bonchev–Trinajstić information content (AvgIpc) is 3.09. The van der Waals surface area contributed by atoms with E-state index in [0.717, 1.165) is 38.5 Å². The second-order valence-electron chi connectivity index (χ2n) is 7.45. The smallest absolute Gasteiger partial charge is 0.162 e. The van der Waals surface area contributed by atoms with Gasteiger partial charge in [-0.05, 0) is 50.8 Å². The molecule has 1 aliphatic rings. The van der Waals surface area contributed by atoms with Gasteiger partial charge in [0.15, 0.2) is 5.82 Å². The van der Waals surface area contributed by atoms with Crippen molar-refractivity contribution < 1.29 is 0 Å². The largest absolute Gasteiger partial charge is 0.273 e. The molecule has 4 nitrogen and oxygen atoms in total. The first-order chi connectivity index (χ1) is 12.8. The van der Waals surface area contributed by atoms with E-state index in [1.807, 2.05) is 6.92 Å². The molecule has 27 heavy (non-hydrogen) atoms. The molecule has 6 heteroatoms. The van der Waals surface area contributed by atoms with Crippen LogP contribution in [-0.2, 0) is 0 Å². The van der Waals surface area contributed by atoms with Gasteiger partial charge < -0.3 is 0 Å². The standard InChI is InChI=1S/C21H23ClN4S/c1-10(2)15-7-8-16(17(22)9-15)19-18-11(3)13(5)27-21(18)26-14(6)24-25-20(26)12(4)23-19/h7-10,12H,1-6H3. The zero-order valence-electron chi connectivity index (χ0n) is 16.5. The van der Waals surface area contributed by atoms with E-state index < -0.39 is 0 Å². The monoisotopic (exact) mass is 398 g/mol. The quantitative estimate of drug-likeness (QED) is 0.535. The molecular formula is C21H23ClN4S. The van der Waals surface area contributed by atoms with Crippen LogP contribution in [0.5, 0.6) is 0 Å². The number of aryl methyl sites for hydroxylation is 2. The zero-order chi connectivity index (χ0) is 19.5. The summed E-state index contributed by atoms with van der Waals surface area (Å²) in [6.07, 6.45) is 0. The lowest BCUT2D eigenvalue weighted by Gasteiger charge is -2.13. The number of aliphatic imine (C=N–C) groups is 1. The van der Waals surface area contributed by atoms with Crippen molar-refractivity contribution in [2.75, 3.05) is 0 Å². The molecule has 1 atom stereocenters. The van der Waals surface area contributed by atoms with Crippen molar-refractivity contribution in [1.29, 1.82) is 0 Å². The highest BCUT2D eigenvalue weighted by molar-refractivity contribution is 7.15. The van der Waals surface area contributed by atoms with Crippen LogP contribution in [0.1, 0.15) is 71.5 Å². The van der Waals surface area contributed by atoms with Gasteiger partial charge in [0.1, 0.15) is 16.9 Å². The lowest BCUT2D eigenvalue weighted by Crippen LogP contribution is -2.08. The van der Waals surface area contributed by atoms with E-state index in [2.05, 4.69) is 67.6 Å². The number of rotatable bonds is 2. The van der Waals surface area contributed by atoms with Gasteiger partial charge in [-0.2, -0.15) is 0 Å². The third kappa shape index (κ3) is 2.84. The summed E-state index contributed by atoms with van der Waals surface area (Å²) < 4.78 is 2.15. The fraction of sp³-hybridized carbons (Fsp3) is 0.381. The summed E-state index contributed by atoms with van der Waals surface area (Å²) in [5.74, 6) is 2.20. The molecule has 4 rings (SSSR count). The molecular weight excluding hydrogens is 376 g/mol. The van der Waals surface area contributed by atoms with Gasteiger partial charge in [-0.1, -0.05) is 37.6 Å². The van der Waals surface area contributed by atoms with Crippen molar-refractivity contribution in [1.82, 2.24) is 14.8 Å². The zero-order valence-corrected chi connectivity index (χ0v) is 18.0. The van der Waals surface area contributed by atoms with Crippen LogP contribution in [0, 0.1) is 20.8 Å². The molecule has 0 aliphatic carbocycles. The van der Waals surface area contributed by atoms with E-state index >= 15 is 0 Å². The third-order valence-electron chi connectivity index (χ3n) is 5.27. The molecule has 0 N–H and O–H groups in total. The Balaban J connectivity index is 2.00. The first-order valence-corrected chi connectivity index (χ1v) is 10.4. The fourth-order valence-corrected chi connectivity index (χ4v) is 5.04. The van der Waals surface area contributed by atoms with E-state index in [1.54, 1.807) is 11.3 Å². The summed E-state index contributed by atoms with van der Waals surface area (Å²) in [5.41, 5.74) is 5.55. The topological polar surface area (TPSA) is 43.1 Å². The minimum absolute atomic E-state index is 0.0960. The van der Waals surface area contributed by atoms with Crippen LogP contribution >= 0.6 is 22.9 Å². The number of aromatic nitrogens is 3. The van der Waals surface area contributed by atoms with Crippen LogP contribution in [0.4, 0.5) is 0 Å². The van der Waals surface area contributed by atoms with Gasteiger partial charge in [-0.15, -0.1) is 21.5 Å². The summed E-state index contributed by atoms with van der Waals surface area (Å²) in [4.78, 5) is 6.34. The van der Waals surface area contributed by atoms with Crippen LogP contribution in [0.3, 0.4) is 0 Å². The van der Waals surface area contributed by atoms with E-state index in [0.29, 0.717) is 5.92 Å². The van der Waals surface area contributed by atoms with Crippen LogP contribution in [0.2, 0.25) is 5.02 Å². The van der Waals surface area contributed by atoms with E-state index in [9.17, 15) is 0 Å². The van der Waals surface area contributed by atoms with Crippen LogP contribution < -0.4 is 0 Å². The van der Waals surface area contributed by atoms with Gasteiger partial charge in [-0.3, -0.25) is 9.56 Å². The predicted molar refractivity (Wildman–Crippen MR) is 113 cm³/mol. The van der Waals surface area contributed by atoms with Gasteiger partial charge in [0, 0.05) is 16.0 Å². The van der Waals surface area contributed by atoms with Gasteiger partial charge in [0.05, 0.1) is 10.7 Å². The molecule has 1 unspecified atom stereocenters. The summed E-state index contributed by atoms with van der Waals surface area (Å²) >= 11 is 8.50. The van der Waals surface area contributed by atoms with Gasteiger partial charge >= 0.3 is 0 Å². The molecule has 2 aromatic heterocycles. The number of hydrogen-bond donors (Lipinski definition) is 0. The first-order valence-electron chi connectivity index (χ1n) is 9.19. The highest BCUT2D eigenvalue weighted by atomic mass is 35.5. The van der Waals surface area contributed by atoms with Crippen molar-refractivity contribution in [3.63, 3.8) is 0 Å². The summed E-state index contributed by atoms with van der Waals surface area (Å²) in [5, 5.41) is 10.6. The number of benzene rings is 1. The molecule has 3 heterocycles. The minimum atomic E-state index is -0.0960. The van der Waals surface area contributed by atoms with E-state index in [-0.39, 0.29) is 6.04 Å². The lowest BCUT2D eigenvalue weighted by molar-refractivity contribution is 0.724. The van der Waals surface area contributed by atoms with Crippen molar-refractivity contribution in [2.24, 2.45) is 4.99 Å². The lowest BCUT2D eigenvalue weighted by atomic mass is 9.96. The molecule has 0 bridgehead atoms. The Bertz CT molecular complexity index is 1070. The van der Waals surface area contributed by atoms with Crippen molar-refractivity contribution in [2.45, 2.75) is 53.5 Å². The highest BCUT2D eigenvalue weighted by Gasteiger charge is 2.30. The highest BCUT2D eigenvalue weighted by Crippen LogP contribution is 2.39. The van der Waals surface area contributed by atoms with Crippen molar-refractivity contribution in [3.8, 4) is 5.00 Å². The van der Waals surface area contributed by atoms with Crippen molar-refractivity contribution >= 4 is 28.6 Å². The Morgan fingerprint density at radius 3 is 2.56 bits per heavy atom. The van der Waals surface area contributed by atoms with Gasteiger partial charge in [-0.25, -0.2) is 0 Å².